The van der Waals surface area contributed by atoms with E-state index in [1.807, 2.05) is 0 Å². The topological polar surface area (TPSA) is 135 Å². The molecular weight excluding hydrogens is 526 g/mol. The lowest BCUT2D eigenvalue weighted by atomic mass is 10.1. The van der Waals surface area contributed by atoms with Crippen molar-refractivity contribution in [2.24, 2.45) is 0 Å². The van der Waals surface area contributed by atoms with E-state index in [1.54, 1.807) is 20.8 Å². The van der Waals surface area contributed by atoms with Gasteiger partial charge in [-0.05, 0) is 42.8 Å². The van der Waals surface area contributed by atoms with E-state index < -0.39 is 44.3 Å². The fraction of sp³-hybridized carbons (Fsp3) is 0.208. The first-order valence-corrected chi connectivity index (χ1v) is 13.4. The number of hydrogen-bond donors (Lipinski definition) is 2. The average molecular weight is 549 g/mol. The molecule has 0 saturated carbocycles. The maximum Gasteiger partial charge on any atom is 0.334 e. The number of carbonyl (C=O) groups excluding carboxylic acids is 1. The van der Waals surface area contributed by atoms with Crippen molar-refractivity contribution < 1.29 is 22.0 Å². The van der Waals surface area contributed by atoms with E-state index in [-0.39, 0.29) is 44.5 Å². The number of H-pyrrole nitrogens is 1. The molecule has 0 spiro atoms. The third-order valence-corrected chi connectivity index (χ3v) is 9.16. The highest BCUT2D eigenvalue weighted by Gasteiger charge is 2.27. The van der Waals surface area contributed by atoms with E-state index in [2.05, 4.69) is 4.98 Å². The van der Waals surface area contributed by atoms with Crippen LogP contribution in [0.25, 0.3) is 15.9 Å². The third kappa shape index (κ3) is 4.38. The fourth-order valence-electron chi connectivity index (χ4n) is 4.00. The van der Waals surface area contributed by atoms with Gasteiger partial charge in [-0.25, -0.2) is 22.0 Å². The smallest absolute Gasteiger partial charge is 0.334 e. The van der Waals surface area contributed by atoms with Crippen molar-refractivity contribution in [3.05, 3.63) is 84.9 Å². The Hall–Kier alpha value is -3.68. The molecule has 2 aromatic heterocycles. The maximum absolute atomic E-state index is 14.3. The van der Waals surface area contributed by atoms with Crippen molar-refractivity contribution in [2.75, 3.05) is 18.8 Å². The molecule has 4 aromatic rings. The number of anilines is 1. The molecule has 3 N–H and O–H groups in total. The lowest BCUT2D eigenvalue weighted by Crippen LogP contribution is -2.31. The number of nitrogens with zero attached hydrogens (tertiary/aromatic N) is 2. The number of nitrogens with one attached hydrogen (secondary N) is 1. The summed E-state index contributed by atoms with van der Waals surface area (Å²) in [6.45, 7) is 5.49. The van der Waals surface area contributed by atoms with E-state index >= 15 is 0 Å². The standard InChI is InChI=1S/C24H22F2N4O5S2/c1-4-29(5-2)37(34,35)14-8-6-12(3)17(11-14)30-23-18(22(32)28-24(30)33)19(27)21(36-23)20(31)15-10-13(25)7-9-16(15)26/h6-11H,4-5,27H2,1-3H3,(H,28,32,33). The Balaban J connectivity index is 2.01. The van der Waals surface area contributed by atoms with Crippen LogP contribution in [0.1, 0.15) is 34.6 Å². The molecule has 0 atom stereocenters. The molecule has 194 valence electrons. The quantitative estimate of drug-likeness (QED) is 0.341. The van der Waals surface area contributed by atoms with Crippen LogP contribution in [0, 0.1) is 18.6 Å². The van der Waals surface area contributed by atoms with Gasteiger partial charge >= 0.3 is 5.69 Å². The van der Waals surface area contributed by atoms with Crippen LogP contribution in [-0.2, 0) is 10.0 Å². The first-order valence-electron chi connectivity index (χ1n) is 11.1. The monoisotopic (exact) mass is 548 g/mol. The largest absolute Gasteiger partial charge is 0.397 e. The van der Waals surface area contributed by atoms with Crippen LogP contribution in [0.15, 0.2) is 50.9 Å². The normalized spacial score (nSPS) is 11.9. The van der Waals surface area contributed by atoms with Gasteiger partial charge in [0.2, 0.25) is 15.8 Å². The summed E-state index contributed by atoms with van der Waals surface area (Å²) in [6, 6.07) is 6.58. The highest BCUT2D eigenvalue weighted by atomic mass is 32.2. The zero-order chi connectivity index (χ0) is 27.2. The maximum atomic E-state index is 14.3. The Kier molecular flexibility index (Phi) is 6.88. The van der Waals surface area contributed by atoms with Gasteiger partial charge in [0.05, 0.1) is 27.2 Å². The molecule has 0 aliphatic heterocycles. The number of thiophene rings is 1. The van der Waals surface area contributed by atoms with Crippen LogP contribution >= 0.6 is 11.3 Å². The van der Waals surface area contributed by atoms with Gasteiger partial charge in [0.25, 0.3) is 5.56 Å². The average Bonchev–Trinajstić information content (AvgIpc) is 3.19. The van der Waals surface area contributed by atoms with Crippen LogP contribution in [0.2, 0.25) is 0 Å². The van der Waals surface area contributed by atoms with Crippen molar-refractivity contribution in [3.63, 3.8) is 0 Å². The molecule has 2 heterocycles. The highest BCUT2D eigenvalue weighted by molar-refractivity contribution is 7.89. The van der Waals surface area contributed by atoms with Gasteiger partial charge in [0.1, 0.15) is 21.3 Å². The number of hydrogen-bond acceptors (Lipinski definition) is 7. The Labute approximate surface area is 213 Å². The minimum atomic E-state index is -3.89. The molecule has 9 nitrogen and oxygen atoms in total. The molecular formula is C24H22F2N4O5S2. The van der Waals surface area contributed by atoms with Crippen LogP contribution in [0.4, 0.5) is 14.5 Å². The summed E-state index contributed by atoms with van der Waals surface area (Å²) in [5, 5.41) is -0.207. The van der Waals surface area contributed by atoms with E-state index in [9.17, 15) is 31.6 Å². The Bertz CT molecular complexity index is 1790. The van der Waals surface area contributed by atoms with Crippen LogP contribution in [-0.4, -0.2) is 41.1 Å². The highest BCUT2D eigenvalue weighted by Crippen LogP contribution is 2.35. The van der Waals surface area contributed by atoms with Gasteiger partial charge < -0.3 is 5.73 Å². The minimum Gasteiger partial charge on any atom is -0.397 e. The molecule has 0 aliphatic carbocycles. The number of fused-ring (bicyclic) bond motifs is 1. The summed E-state index contributed by atoms with van der Waals surface area (Å²) in [5.41, 5.74) is 4.06. The summed E-state index contributed by atoms with van der Waals surface area (Å²) in [7, 11) is -3.89. The number of ketones is 1. The predicted molar refractivity (Wildman–Crippen MR) is 137 cm³/mol. The zero-order valence-electron chi connectivity index (χ0n) is 20.0. The molecule has 13 heteroatoms. The molecule has 2 aromatic carbocycles. The predicted octanol–water partition coefficient (Wildman–Crippen LogP) is 3.17. The van der Waals surface area contributed by atoms with Gasteiger partial charge in [0.15, 0.2) is 0 Å². The Morgan fingerprint density at radius 1 is 1.11 bits per heavy atom. The summed E-state index contributed by atoms with van der Waals surface area (Å²) >= 11 is 0.648. The van der Waals surface area contributed by atoms with E-state index in [0.29, 0.717) is 23.0 Å². The van der Waals surface area contributed by atoms with Crippen molar-refractivity contribution in [1.82, 2.24) is 13.9 Å². The molecule has 0 saturated heterocycles. The summed E-state index contributed by atoms with van der Waals surface area (Å²) < 4.78 is 56.5. The van der Waals surface area contributed by atoms with Crippen molar-refractivity contribution in [2.45, 2.75) is 25.7 Å². The molecule has 0 bridgehead atoms. The number of aromatic amines is 1. The van der Waals surface area contributed by atoms with E-state index in [4.69, 9.17) is 5.73 Å². The zero-order valence-corrected chi connectivity index (χ0v) is 21.6. The lowest BCUT2D eigenvalue weighted by molar-refractivity contribution is 0.103. The number of halogens is 2. The third-order valence-electron chi connectivity index (χ3n) is 5.92. The summed E-state index contributed by atoms with van der Waals surface area (Å²) in [6.07, 6.45) is 0. The number of sulfonamides is 1. The SMILES string of the molecule is CCN(CC)S(=O)(=O)c1ccc(C)c(-n2c(=O)[nH]c(=O)c3c(N)c(C(=O)c4cc(F)ccc4F)sc32)c1. The second-order valence-corrected chi connectivity index (χ2v) is 11.0. The lowest BCUT2D eigenvalue weighted by Gasteiger charge is -2.19. The molecule has 0 radical (unpaired) electrons. The van der Waals surface area contributed by atoms with Crippen LogP contribution < -0.4 is 17.0 Å². The first kappa shape index (κ1) is 26.4. The molecule has 0 amide bonds. The number of nitrogen functional groups attached to an aromatic ring is 1. The van der Waals surface area contributed by atoms with Crippen molar-refractivity contribution in [1.29, 1.82) is 0 Å². The number of benzene rings is 2. The van der Waals surface area contributed by atoms with Gasteiger partial charge in [0, 0.05) is 13.1 Å². The summed E-state index contributed by atoms with van der Waals surface area (Å²) in [4.78, 5) is 40.5. The fourth-order valence-corrected chi connectivity index (χ4v) is 6.66. The number of aryl methyl sites for hydroxylation is 1. The Morgan fingerprint density at radius 3 is 2.43 bits per heavy atom. The van der Waals surface area contributed by atoms with Crippen LogP contribution in [0.5, 0.6) is 0 Å². The molecule has 0 unspecified atom stereocenters. The van der Waals surface area contributed by atoms with Gasteiger partial charge in [-0.3, -0.25) is 19.1 Å². The molecule has 0 fully saturated rings. The van der Waals surface area contributed by atoms with Crippen molar-refractivity contribution >= 4 is 43.0 Å². The van der Waals surface area contributed by atoms with E-state index in [1.165, 1.54) is 22.5 Å². The van der Waals surface area contributed by atoms with Crippen molar-refractivity contribution in [3.8, 4) is 5.69 Å². The number of aromatic nitrogens is 2. The molecule has 37 heavy (non-hydrogen) atoms. The summed E-state index contributed by atoms with van der Waals surface area (Å²) in [5.74, 6) is -2.80. The second-order valence-electron chi connectivity index (χ2n) is 8.11. The Morgan fingerprint density at radius 2 is 1.78 bits per heavy atom. The number of rotatable bonds is 7. The number of nitrogens with two attached hydrogens (primary N) is 1. The molecule has 4 rings (SSSR count). The van der Waals surface area contributed by atoms with E-state index in [0.717, 1.165) is 16.7 Å². The van der Waals surface area contributed by atoms with Gasteiger partial charge in [-0.1, -0.05) is 19.9 Å². The van der Waals surface area contributed by atoms with Gasteiger partial charge in [-0.2, -0.15) is 4.31 Å². The second kappa shape index (κ2) is 9.65. The number of carbonyl (C=O) groups is 1. The van der Waals surface area contributed by atoms with Crippen LogP contribution in [0.3, 0.4) is 0 Å². The first-order chi connectivity index (χ1) is 17.4. The molecule has 0 aliphatic rings. The minimum absolute atomic E-state index is 0.0492. The van der Waals surface area contributed by atoms with Gasteiger partial charge in [-0.15, -0.1) is 11.3 Å².